The highest BCUT2D eigenvalue weighted by Crippen LogP contribution is 2.28. The highest BCUT2D eigenvalue weighted by atomic mass is 16.3. The third-order valence-corrected chi connectivity index (χ3v) is 4.19. The molecule has 1 fully saturated rings. The summed E-state index contributed by atoms with van der Waals surface area (Å²) in [7, 11) is 3.99. The summed E-state index contributed by atoms with van der Waals surface area (Å²) in [6.45, 7) is 1.43. The van der Waals surface area contributed by atoms with Gasteiger partial charge >= 0.3 is 0 Å². The molecule has 0 bridgehead atoms. The van der Waals surface area contributed by atoms with Crippen LogP contribution in [-0.2, 0) is 6.42 Å². The van der Waals surface area contributed by atoms with Gasteiger partial charge in [0.05, 0.1) is 6.10 Å². The lowest BCUT2D eigenvalue weighted by molar-refractivity contribution is 0.129. The summed E-state index contributed by atoms with van der Waals surface area (Å²) in [6.07, 6.45) is 4.73. The number of nitrogens with zero attached hydrogens (tertiary/aromatic N) is 1. The third kappa shape index (κ3) is 4.89. The molecule has 0 radical (unpaired) electrons. The first-order valence-corrected chi connectivity index (χ1v) is 7.75. The van der Waals surface area contributed by atoms with Gasteiger partial charge in [-0.3, -0.25) is 0 Å². The van der Waals surface area contributed by atoms with Gasteiger partial charge in [0, 0.05) is 19.1 Å². The normalized spacial score (nSPS) is 24.2. The van der Waals surface area contributed by atoms with Crippen molar-refractivity contribution in [3.05, 3.63) is 35.9 Å². The van der Waals surface area contributed by atoms with Gasteiger partial charge in [-0.25, -0.2) is 0 Å². The highest BCUT2D eigenvalue weighted by molar-refractivity contribution is 5.16. The average molecular weight is 276 g/mol. The minimum Gasteiger partial charge on any atom is -0.390 e. The van der Waals surface area contributed by atoms with Crippen molar-refractivity contribution in [2.45, 2.75) is 37.8 Å². The summed E-state index contributed by atoms with van der Waals surface area (Å²) in [4.78, 5) is 2.03. The van der Waals surface area contributed by atoms with Gasteiger partial charge in [-0.1, -0.05) is 36.8 Å². The Hall–Kier alpha value is -0.900. The lowest BCUT2D eigenvalue weighted by Crippen LogP contribution is -2.41. The number of rotatable bonds is 7. The molecule has 0 amide bonds. The van der Waals surface area contributed by atoms with Crippen molar-refractivity contribution in [1.29, 1.82) is 0 Å². The van der Waals surface area contributed by atoms with Crippen LogP contribution in [0.5, 0.6) is 0 Å². The molecule has 112 valence electrons. The first-order chi connectivity index (χ1) is 9.65. The number of hydrogen-bond acceptors (Lipinski definition) is 3. The summed E-state index contributed by atoms with van der Waals surface area (Å²) in [5.41, 5.74) is 1.43. The summed E-state index contributed by atoms with van der Waals surface area (Å²) in [5, 5.41) is 13.5. The van der Waals surface area contributed by atoms with E-state index in [4.69, 9.17) is 0 Å². The van der Waals surface area contributed by atoms with Crippen LogP contribution in [0.3, 0.4) is 0 Å². The van der Waals surface area contributed by atoms with Crippen LogP contribution < -0.4 is 5.32 Å². The van der Waals surface area contributed by atoms with E-state index in [-0.39, 0.29) is 6.10 Å². The number of benzene rings is 1. The summed E-state index contributed by atoms with van der Waals surface area (Å²) < 4.78 is 0. The Kier molecular flexibility index (Phi) is 6.02. The number of likely N-dealkylation sites (N-methyl/N-ethyl adjacent to an activating group) is 1. The quantitative estimate of drug-likeness (QED) is 0.798. The minimum absolute atomic E-state index is 0.275. The molecule has 3 nitrogen and oxygen atoms in total. The predicted molar refractivity (Wildman–Crippen MR) is 83.8 cm³/mol. The van der Waals surface area contributed by atoms with E-state index in [1.54, 1.807) is 0 Å². The van der Waals surface area contributed by atoms with Crippen molar-refractivity contribution >= 4 is 0 Å². The molecule has 1 aliphatic carbocycles. The zero-order valence-electron chi connectivity index (χ0n) is 12.8. The summed E-state index contributed by atoms with van der Waals surface area (Å²) in [6, 6.07) is 11.3. The molecule has 1 saturated carbocycles. The Bertz CT molecular complexity index is 380. The van der Waals surface area contributed by atoms with Gasteiger partial charge in [-0.15, -0.1) is 0 Å². The molecule has 0 spiro atoms. The molecule has 3 heteroatoms. The number of aliphatic hydroxyl groups excluding tert-OH is 1. The van der Waals surface area contributed by atoms with Crippen molar-refractivity contribution in [3.63, 3.8) is 0 Å². The monoisotopic (exact) mass is 276 g/mol. The fourth-order valence-electron chi connectivity index (χ4n) is 3.24. The molecule has 0 saturated heterocycles. The molecule has 3 atom stereocenters. The van der Waals surface area contributed by atoms with E-state index in [2.05, 4.69) is 35.6 Å². The Morgan fingerprint density at radius 1 is 1.25 bits per heavy atom. The molecule has 2 N–H and O–H groups in total. The van der Waals surface area contributed by atoms with Crippen LogP contribution in [0.2, 0.25) is 0 Å². The Balaban J connectivity index is 1.79. The second kappa shape index (κ2) is 7.77. The van der Waals surface area contributed by atoms with Crippen LogP contribution in [0.4, 0.5) is 0 Å². The highest BCUT2D eigenvalue weighted by Gasteiger charge is 2.27. The number of hydrogen-bond donors (Lipinski definition) is 2. The Morgan fingerprint density at radius 3 is 2.70 bits per heavy atom. The lowest BCUT2D eigenvalue weighted by atomic mass is 9.94. The molecule has 0 heterocycles. The Labute approximate surface area is 123 Å². The maximum atomic E-state index is 9.95. The van der Waals surface area contributed by atoms with Crippen LogP contribution in [-0.4, -0.2) is 49.3 Å². The van der Waals surface area contributed by atoms with Gasteiger partial charge in [-0.2, -0.15) is 0 Å². The van der Waals surface area contributed by atoms with E-state index in [1.165, 1.54) is 24.8 Å². The van der Waals surface area contributed by atoms with Crippen molar-refractivity contribution in [1.82, 2.24) is 10.2 Å². The van der Waals surface area contributed by atoms with E-state index >= 15 is 0 Å². The fourth-order valence-corrected chi connectivity index (χ4v) is 3.24. The van der Waals surface area contributed by atoms with Gasteiger partial charge in [0.2, 0.25) is 0 Å². The molecular formula is C17H28N2O. The van der Waals surface area contributed by atoms with Crippen LogP contribution in [0, 0.1) is 5.92 Å². The second-order valence-electron chi connectivity index (χ2n) is 6.31. The molecular weight excluding hydrogens is 248 g/mol. The van der Waals surface area contributed by atoms with E-state index in [0.717, 1.165) is 13.0 Å². The molecule has 1 aromatic rings. The summed E-state index contributed by atoms with van der Waals surface area (Å²) >= 11 is 0. The fraction of sp³-hybridized carbons (Fsp3) is 0.647. The molecule has 1 aliphatic rings. The van der Waals surface area contributed by atoms with Gasteiger partial charge in [0.25, 0.3) is 0 Å². The van der Waals surface area contributed by atoms with Gasteiger partial charge in [0.1, 0.15) is 0 Å². The maximum Gasteiger partial charge on any atom is 0.0791 e. The van der Waals surface area contributed by atoms with Crippen LogP contribution in [0.15, 0.2) is 30.3 Å². The number of aliphatic hydroxyl groups is 1. The van der Waals surface area contributed by atoms with Crippen molar-refractivity contribution < 1.29 is 5.11 Å². The van der Waals surface area contributed by atoms with E-state index in [1.807, 2.05) is 19.0 Å². The smallest absolute Gasteiger partial charge is 0.0791 e. The zero-order chi connectivity index (χ0) is 14.4. The second-order valence-corrected chi connectivity index (χ2v) is 6.31. The standard InChI is InChI=1S/C17H28N2O/c1-19(2)13-16(20)12-18-17-10-6-9-15(17)11-14-7-4-3-5-8-14/h3-5,7-8,15-18,20H,6,9-13H2,1-2H3/t15-,16+,17+/m0/s1. The van der Waals surface area contributed by atoms with Crippen LogP contribution in [0.25, 0.3) is 0 Å². The van der Waals surface area contributed by atoms with Crippen LogP contribution in [0.1, 0.15) is 24.8 Å². The zero-order valence-corrected chi connectivity index (χ0v) is 12.8. The first-order valence-electron chi connectivity index (χ1n) is 7.75. The van der Waals surface area contributed by atoms with E-state index in [0.29, 0.717) is 18.5 Å². The van der Waals surface area contributed by atoms with Crippen molar-refractivity contribution in [2.24, 2.45) is 5.92 Å². The largest absolute Gasteiger partial charge is 0.390 e. The molecule has 0 unspecified atom stereocenters. The molecule has 0 aliphatic heterocycles. The SMILES string of the molecule is CN(C)C[C@H](O)CN[C@@H]1CCC[C@H]1Cc1ccccc1. The maximum absolute atomic E-state index is 9.95. The first kappa shape index (κ1) is 15.5. The molecule has 0 aromatic heterocycles. The van der Waals surface area contributed by atoms with Crippen LogP contribution >= 0.6 is 0 Å². The van der Waals surface area contributed by atoms with Crippen molar-refractivity contribution in [2.75, 3.05) is 27.2 Å². The Morgan fingerprint density at radius 2 is 2.00 bits per heavy atom. The molecule has 1 aromatic carbocycles. The predicted octanol–water partition coefficient (Wildman–Crippen LogP) is 1.91. The number of nitrogens with one attached hydrogen (secondary N) is 1. The van der Waals surface area contributed by atoms with Gasteiger partial charge in [0.15, 0.2) is 0 Å². The molecule has 20 heavy (non-hydrogen) atoms. The van der Waals surface area contributed by atoms with E-state index in [9.17, 15) is 5.11 Å². The minimum atomic E-state index is -0.275. The van der Waals surface area contributed by atoms with E-state index < -0.39 is 0 Å². The molecule has 2 rings (SSSR count). The lowest BCUT2D eigenvalue weighted by Gasteiger charge is -2.24. The average Bonchev–Trinajstić information content (AvgIpc) is 2.84. The van der Waals surface area contributed by atoms with Gasteiger partial charge in [-0.05, 0) is 44.8 Å². The third-order valence-electron chi connectivity index (χ3n) is 4.19. The topological polar surface area (TPSA) is 35.5 Å². The van der Waals surface area contributed by atoms with Crippen molar-refractivity contribution in [3.8, 4) is 0 Å². The van der Waals surface area contributed by atoms with Gasteiger partial charge < -0.3 is 15.3 Å². The summed E-state index contributed by atoms with van der Waals surface area (Å²) in [5.74, 6) is 0.712.